The van der Waals surface area contributed by atoms with Gasteiger partial charge in [0.1, 0.15) is 11.6 Å². The van der Waals surface area contributed by atoms with E-state index in [-0.39, 0.29) is 12.5 Å². The summed E-state index contributed by atoms with van der Waals surface area (Å²) >= 11 is 0. The predicted octanol–water partition coefficient (Wildman–Crippen LogP) is 1.60. The van der Waals surface area contributed by atoms with Crippen LogP contribution in [0.2, 0.25) is 0 Å². The van der Waals surface area contributed by atoms with Gasteiger partial charge < -0.3 is 10.5 Å². The lowest BCUT2D eigenvalue weighted by molar-refractivity contribution is -0.144. The van der Waals surface area contributed by atoms with E-state index in [0.29, 0.717) is 31.3 Å². The van der Waals surface area contributed by atoms with Crippen molar-refractivity contribution in [2.24, 2.45) is 0 Å². The van der Waals surface area contributed by atoms with Crippen LogP contribution in [-0.2, 0) is 16.1 Å². The van der Waals surface area contributed by atoms with Crippen LogP contribution in [0, 0.1) is 0 Å². The molecule has 0 amide bonds. The zero-order valence-electron chi connectivity index (χ0n) is 12.4. The van der Waals surface area contributed by atoms with E-state index in [1.54, 1.807) is 6.92 Å². The Bertz CT molecular complexity index is 630. The molecule has 0 saturated carbocycles. The summed E-state index contributed by atoms with van der Waals surface area (Å²) in [6.07, 6.45) is 0. The summed E-state index contributed by atoms with van der Waals surface area (Å²) in [5.41, 5.74) is 6.77. The molecule has 1 heterocycles. The number of hydrogen-bond donors (Lipinski definition) is 1. The lowest BCUT2D eigenvalue weighted by Gasteiger charge is -2.18. The first kappa shape index (κ1) is 15.2. The summed E-state index contributed by atoms with van der Waals surface area (Å²) in [4.78, 5) is 22.3. The van der Waals surface area contributed by atoms with Crippen LogP contribution in [0.5, 0.6) is 0 Å². The highest BCUT2D eigenvalue weighted by molar-refractivity contribution is 5.87. The van der Waals surface area contributed by atoms with Crippen molar-refractivity contribution in [3.05, 3.63) is 30.1 Å². The number of rotatable bonds is 6. The molecule has 2 N–H and O–H groups in total. The first-order chi connectivity index (χ1) is 10.1. The standard InChI is InChI=1S/C15H20N4O2/c1-3-19(10-14(20)21-4-2)9-13-17-12-8-6-5-7-11(12)15(16)18-13/h5-8H,3-4,9-10H2,1-2H3,(H2,16,17,18). The third-order valence-electron chi connectivity index (χ3n) is 3.15. The Hall–Kier alpha value is -2.21. The average Bonchev–Trinajstić information content (AvgIpc) is 2.47. The van der Waals surface area contributed by atoms with Gasteiger partial charge in [0.05, 0.1) is 25.2 Å². The Balaban J connectivity index is 2.15. The fraction of sp³-hybridized carbons (Fsp3) is 0.400. The van der Waals surface area contributed by atoms with Crippen molar-refractivity contribution in [1.29, 1.82) is 0 Å². The molecule has 112 valence electrons. The Morgan fingerprint density at radius 2 is 2.05 bits per heavy atom. The molecule has 21 heavy (non-hydrogen) atoms. The van der Waals surface area contributed by atoms with Crippen LogP contribution < -0.4 is 5.73 Å². The molecule has 0 radical (unpaired) electrons. The van der Waals surface area contributed by atoms with Gasteiger partial charge in [-0.3, -0.25) is 9.69 Å². The average molecular weight is 288 g/mol. The molecule has 0 fully saturated rings. The number of esters is 1. The summed E-state index contributed by atoms with van der Waals surface area (Å²) in [6, 6.07) is 7.61. The van der Waals surface area contributed by atoms with Gasteiger partial charge in [-0.2, -0.15) is 0 Å². The number of aromatic nitrogens is 2. The van der Waals surface area contributed by atoms with Crippen molar-refractivity contribution < 1.29 is 9.53 Å². The highest BCUT2D eigenvalue weighted by Crippen LogP contribution is 2.17. The highest BCUT2D eigenvalue weighted by atomic mass is 16.5. The van der Waals surface area contributed by atoms with E-state index in [1.165, 1.54) is 0 Å². The number of carbonyl (C=O) groups is 1. The number of likely N-dealkylation sites (N-methyl/N-ethyl adjacent to an activating group) is 1. The van der Waals surface area contributed by atoms with Gasteiger partial charge in [-0.15, -0.1) is 0 Å². The maximum atomic E-state index is 11.6. The molecule has 0 aliphatic carbocycles. The minimum Gasteiger partial charge on any atom is -0.465 e. The van der Waals surface area contributed by atoms with Crippen molar-refractivity contribution in [3.63, 3.8) is 0 Å². The van der Waals surface area contributed by atoms with E-state index in [2.05, 4.69) is 9.97 Å². The second-order valence-electron chi connectivity index (χ2n) is 4.65. The van der Waals surface area contributed by atoms with Crippen LogP contribution in [0.15, 0.2) is 24.3 Å². The molecule has 0 spiro atoms. The van der Waals surface area contributed by atoms with E-state index >= 15 is 0 Å². The summed E-state index contributed by atoms with van der Waals surface area (Å²) in [5.74, 6) is 0.827. The summed E-state index contributed by atoms with van der Waals surface area (Å²) in [5, 5.41) is 0.842. The molecule has 2 aromatic rings. The molecule has 1 aromatic carbocycles. The molecule has 0 unspecified atom stereocenters. The predicted molar refractivity (Wildman–Crippen MR) is 81.5 cm³/mol. The number of para-hydroxylation sites is 1. The first-order valence-electron chi connectivity index (χ1n) is 7.03. The minimum atomic E-state index is -0.242. The molecule has 1 aromatic heterocycles. The maximum Gasteiger partial charge on any atom is 0.320 e. The van der Waals surface area contributed by atoms with Gasteiger partial charge in [-0.05, 0) is 25.6 Å². The Morgan fingerprint density at radius 3 is 2.76 bits per heavy atom. The van der Waals surface area contributed by atoms with Crippen molar-refractivity contribution in [2.75, 3.05) is 25.4 Å². The fourth-order valence-corrected chi connectivity index (χ4v) is 2.09. The molecule has 6 heteroatoms. The number of benzene rings is 1. The third-order valence-corrected chi connectivity index (χ3v) is 3.15. The number of nitrogens with two attached hydrogens (primary N) is 1. The molecular weight excluding hydrogens is 268 g/mol. The monoisotopic (exact) mass is 288 g/mol. The van der Waals surface area contributed by atoms with Crippen LogP contribution in [0.4, 0.5) is 5.82 Å². The lowest BCUT2D eigenvalue weighted by atomic mass is 10.2. The number of fused-ring (bicyclic) bond motifs is 1. The molecular formula is C15H20N4O2. The number of ether oxygens (including phenoxy) is 1. The maximum absolute atomic E-state index is 11.6. The van der Waals surface area contributed by atoms with Crippen LogP contribution in [0.3, 0.4) is 0 Å². The van der Waals surface area contributed by atoms with Gasteiger partial charge in [0.25, 0.3) is 0 Å². The number of hydrogen-bond acceptors (Lipinski definition) is 6. The normalized spacial score (nSPS) is 11.0. The van der Waals surface area contributed by atoms with Crippen molar-refractivity contribution in [3.8, 4) is 0 Å². The topological polar surface area (TPSA) is 81.3 Å². The molecule has 0 aliphatic rings. The van der Waals surface area contributed by atoms with E-state index in [1.807, 2.05) is 36.1 Å². The molecule has 0 aliphatic heterocycles. The second-order valence-corrected chi connectivity index (χ2v) is 4.65. The zero-order chi connectivity index (χ0) is 15.2. The van der Waals surface area contributed by atoms with Crippen LogP contribution >= 0.6 is 0 Å². The van der Waals surface area contributed by atoms with E-state index in [9.17, 15) is 4.79 Å². The van der Waals surface area contributed by atoms with E-state index in [4.69, 9.17) is 10.5 Å². The number of carbonyl (C=O) groups excluding carboxylic acids is 1. The summed E-state index contributed by atoms with van der Waals surface area (Å²) in [6.45, 7) is 5.54. The first-order valence-corrected chi connectivity index (χ1v) is 7.03. The lowest BCUT2D eigenvalue weighted by Crippen LogP contribution is -2.31. The molecule has 0 bridgehead atoms. The smallest absolute Gasteiger partial charge is 0.320 e. The van der Waals surface area contributed by atoms with Gasteiger partial charge in [0.15, 0.2) is 0 Å². The number of nitrogens with zero attached hydrogens (tertiary/aromatic N) is 3. The highest BCUT2D eigenvalue weighted by Gasteiger charge is 2.13. The van der Waals surface area contributed by atoms with Crippen LogP contribution in [-0.4, -0.2) is 40.5 Å². The zero-order valence-corrected chi connectivity index (χ0v) is 12.4. The SMILES string of the molecule is CCOC(=O)CN(CC)Cc1nc(N)c2ccccc2n1. The quantitative estimate of drug-likeness (QED) is 0.813. The molecule has 0 saturated heterocycles. The Morgan fingerprint density at radius 1 is 1.29 bits per heavy atom. The van der Waals surface area contributed by atoms with Gasteiger partial charge in [0, 0.05) is 5.39 Å². The van der Waals surface area contributed by atoms with Crippen molar-refractivity contribution in [1.82, 2.24) is 14.9 Å². The van der Waals surface area contributed by atoms with E-state index < -0.39 is 0 Å². The molecule has 6 nitrogen and oxygen atoms in total. The van der Waals surface area contributed by atoms with Crippen LogP contribution in [0.25, 0.3) is 10.9 Å². The Kier molecular flexibility index (Phi) is 5.05. The van der Waals surface area contributed by atoms with Crippen LogP contribution in [0.1, 0.15) is 19.7 Å². The fourth-order valence-electron chi connectivity index (χ4n) is 2.09. The van der Waals surface area contributed by atoms with E-state index in [0.717, 1.165) is 10.9 Å². The van der Waals surface area contributed by atoms with Gasteiger partial charge in [-0.25, -0.2) is 9.97 Å². The van der Waals surface area contributed by atoms with Gasteiger partial charge in [0.2, 0.25) is 0 Å². The summed E-state index contributed by atoms with van der Waals surface area (Å²) in [7, 11) is 0. The molecule has 0 atom stereocenters. The number of nitrogen functional groups attached to an aromatic ring is 1. The van der Waals surface area contributed by atoms with Gasteiger partial charge in [-0.1, -0.05) is 19.1 Å². The van der Waals surface area contributed by atoms with Gasteiger partial charge >= 0.3 is 5.97 Å². The molecule has 2 rings (SSSR count). The Labute approximate surface area is 123 Å². The largest absolute Gasteiger partial charge is 0.465 e. The third kappa shape index (κ3) is 3.88. The number of anilines is 1. The summed E-state index contributed by atoms with van der Waals surface area (Å²) < 4.78 is 4.96. The minimum absolute atomic E-state index is 0.223. The van der Waals surface area contributed by atoms with Crippen molar-refractivity contribution >= 4 is 22.7 Å². The van der Waals surface area contributed by atoms with Crippen molar-refractivity contribution in [2.45, 2.75) is 20.4 Å². The second kappa shape index (κ2) is 6.99.